The summed E-state index contributed by atoms with van der Waals surface area (Å²) >= 11 is 1.43. The molecule has 8 nitrogen and oxygen atoms in total. The Hall–Kier alpha value is -1.78. The topological polar surface area (TPSA) is 125 Å². The molecule has 1 atom stereocenters. The van der Waals surface area contributed by atoms with Gasteiger partial charge in [-0.25, -0.2) is 22.9 Å². The fraction of sp³-hybridized carbons (Fsp3) is 0.300. The number of thiazole rings is 1. The molecule has 1 unspecified atom stereocenters. The van der Waals surface area contributed by atoms with Crippen LogP contribution in [0, 0.1) is 0 Å². The van der Waals surface area contributed by atoms with Crippen molar-refractivity contribution in [3.63, 3.8) is 0 Å². The second-order valence-electron chi connectivity index (χ2n) is 4.04. The van der Waals surface area contributed by atoms with E-state index in [-0.39, 0.29) is 18.0 Å². The van der Waals surface area contributed by atoms with Crippen molar-refractivity contribution in [1.82, 2.24) is 19.9 Å². The number of nitrogens with zero attached hydrogens (tertiary/aromatic N) is 2. The van der Waals surface area contributed by atoms with Crippen LogP contribution in [-0.2, 0) is 10.0 Å². The van der Waals surface area contributed by atoms with Crippen molar-refractivity contribution in [2.45, 2.75) is 17.9 Å². The number of aromatic nitrogens is 3. The maximum absolute atomic E-state index is 12.0. The van der Waals surface area contributed by atoms with Crippen LogP contribution in [0.25, 0.3) is 0 Å². The van der Waals surface area contributed by atoms with Gasteiger partial charge >= 0.3 is 5.97 Å². The average molecular weight is 316 g/mol. The maximum atomic E-state index is 12.0. The number of hydrogen-bond donors (Lipinski definition) is 3. The minimum absolute atomic E-state index is 0.110. The number of aromatic carboxylic acids is 1. The van der Waals surface area contributed by atoms with Crippen molar-refractivity contribution < 1.29 is 18.3 Å². The molecule has 0 aromatic carbocycles. The SMILES string of the molecule is CC(CNS(=O)(=O)c1[nH]ncc1C(=O)O)c1nccs1. The number of nitrogens with one attached hydrogen (secondary N) is 2. The molecule has 2 rings (SSSR count). The van der Waals surface area contributed by atoms with Gasteiger partial charge in [0, 0.05) is 24.0 Å². The molecule has 0 amide bonds. The van der Waals surface area contributed by atoms with Gasteiger partial charge in [0.05, 0.1) is 11.2 Å². The monoisotopic (exact) mass is 316 g/mol. The average Bonchev–Trinajstić information content (AvgIpc) is 3.06. The first-order valence-corrected chi connectivity index (χ1v) is 7.94. The molecular formula is C10H12N4O4S2. The van der Waals surface area contributed by atoms with Gasteiger partial charge in [-0.3, -0.25) is 5.10 Å². The van der Waals surface area contributed by atoms with Crippen LogP contribution in [0.5, 0.6) is 0 Å². The number of H-pyrrole nitrogens is 1. The van der Waals surface area contributed by atoms with Gasteiger partial charge in [-0.05, 0) is 0 Å². The van der Waals surface area contributed by atoms with Crippen LogP contribution in [-0.4, -0.2) is 41.2 Å². The molecule has 0 aliphatic rings. The summed E-state index contributed by atoms with van der Waals surface area (Å²) in [6.45, 7) is 1.94. The molecule has 0 aliphatic heterocycles. The van der Waals surface area contributed by atoms with Crippen molar-refractivity contribution in [1.29, 1.82) is 0 Å². The van der Waals surface area contributed by atoms with E-state index in [1.807, 2.05) is 6.92 Å². The second-order valence-corrected chi connectivity index (χ2v) is 6.67. The van der Waals surface area contributed by atoms with Gasteiger partial charge in [-0.1, -0.05) is 6.92 Å². The van der Waals surface area contributed by atoms with E-state index in [9.17, 15) is 13.2 Å². The van der Waals surface area contributed by atoms with Crippen molar-refractivity contribution in [3.05, 3.63) is 28.3 Å². The highest BCUT2D eigenvalue weighted by molar-refractivity contribution is 7.89. The fourth-order valence-electron chi connectivity index (χ4n) is 1.50. The normalized spacial score (nSPS) is 13.2. The van der Waals surface area contributed by atoms with Gasteiger partial charge in [-0.2, -0.15) is 5.10 Å². The largest absolute Gasteiger partial charge is 0.478 e. The standard InChI is InChI=1S/C10H12N4O4S2/c1-6(8-11-2-3-19-8)4-13-20(17,18)9-7(10(15)16)5-12-14-9/h2-3,5-6,13H,4H2,1H3,(H,12,14)(H,15,16). The predicted molar refractivity (Wildman–Crippen MR) is 71.3 cm³/mol. The number of hydrogen-bond acceptors (Lipinski definition) is 6. The van der Waals surface area contributed by atoms with Crippen LogP contribution in [0.3, 0.4) is 0 Å². The summed E-state index contributed by atoms with van der Waals surface area (Å²) in [6, 6.07) is 0. The van der Waals surface area contributed by atoms with Gasteiger partial charge in [0.2, 0.25) is 0 Å². The molecule has 0 spiro atoms. The summed E-state index contributed by atoms with van der Waals surface area (Å²) in [5.41, 5.74) is -0.389. The van der Waals surface area contributed by atoms with E-state index in [1.165, 1.54) is 11.3 Å². The Balaban J connectivity index is 2.12. The summed E-state index contributed by atoms with van der Waals surface area (Å²) in [5, 5.41) is 16.7. The van der Waals surface area contributed by atoms with Gasteiger partial charge < -0.3 is 5.11 Å². The minimum Gasteiger partial charge on any atom is -0.478 e. The van der Waals surface area contributed by atoms with E-state index >= 15 is 0 Å². The van der Waals surface area contributed by atoms with Gasteiger partial charge in [-0.15, -0.1) is 11.3 Å². The highest BCUT2D eigenvalue weighted by Crippen LogP contribution is 2.18. The van der Waals surface area contributed by atoms with Crippen molar-refractivity contribution in [2.75, 3.05) is 6.54 Å². The highest BCUT2D eigenvalue weighted by atomic mass is 32.2. The molecule has 0 aliphatic carbocycles. The zero-order valence-electron chi connectivity index (χ0n) is 10.4. The molecule has 3 N–H and O–H groups in total. The molecule has 20 heavy (non-hydrogen) atoms. The van der Waals surface area contributed by atoms with E-state index in [1.54, 1.807) is 11.6 Å². The van der Waals surface area contributed by atoms with Crippen LogP contribution in [0.1, 0.15) is 28.2 Å². The predicted octanol–water partition coefficient (Wildman–Crippen LogP) is 0.646. The van der Waals surface area contributed by atoms with Crippen LogP contribution in [0.2, 0.25) is 0 Å². The molecule has 10 heteroatoms. The Morgan fingerprint density at radius 3 is 2.95 bits per heavy atom. The molecular weight excluding hydrogens is 304 g/mol. The lowest BCUT2D eigenvalue weighted by atomic mass is 10.2. The summed E-state index contributed by atoms with van der Waals surface area (Å²) < 4.78 is 26.4. The molecule has 0 fully saturated rings. The fourth-order valence-corrected chi connectivity index (χ4v) is 3.42. The number of rotatable bonds is 6. The molecule has 2 aromatic rings. The Labute approximate surface area is 118 Å². The van der Waals surface area contributed by atoms with Gasteiger partial charge in [0.1, 0.15) is 5.56 Å². The maximum Gasteiger partial charge on any atom is 0.340 e. The molecule has 0 radical (unpaired) electrons. The Kier molecular flexibility index (Phi) is 4.16. The first-order valence-electron chi connectivity index (χ1n) is 5.57. The molecule has 2 heterocycles. The van der Waals surface area contributed by atoms with E-state index < -0.39 is 21.0 Å². The van der Waals surface area contributed by atoms with Gasteiger partial charge in [0.25, 0.3) is 10.0 Å². The quantitative estimate of drug-likeness (QED) is 0.718. The third-order valence-electron chi connectivity index (χ3n) is 2.56. The van der Waals surface area contributed by atoms with Crippen LogP contribution in [0.15, 0.2) is 22.8 Å². The molecule has 0 saturated heterocycles. The Bertz CT molecular complexity index is 693. The van der Waals surface area contributed by atoms with E-state index in [4.69, 9.17) is 5.11 Å². The number of carboxylic acid groups (broad SMARTS) is 1. The van der Waals surface area contributed by atoms with Gasteiger partial charge in [0.15, 0.2) is 5.03 Å². The number of sulfonamides is 1. The number of carboxylic acids is 1. The second kappa shape index (κ2) is 5.69. The lowest BCUT2D eigenvalue weighted by molar-refractivity contribution is 0.0692. The Morgan fingerprint density at radius 2 is 2.35 bits per heavy atom. The lowest BCUT2D eigenvalue weighted by Gasteiger charge is -2.10. The van der Waals surface area contributed by atoms with Crippen LogP contribution >= 0.6 is 11.3 Å². The molecule has 2 aromatic heterocycles. The molecule has 0 bridgehead atoms. The highest BCUT2D eigenvalue weighted by Gasteiger charge is 2.25. The Morgan fingerprint density at radius 1 is 1.60 bits per heavy atom. The van der Waals surface area contributed by atoms with E-state index in [2.05, 4.69) is 19.9 Å². The minimum atomic E-state index is -3.95. The third kappa shape index (κ3) is 3.03. The summed E-state index contributed by atoms with van der Waals surface area (Å²) in [7, 11) is -3.95. The smallest absolute Gasteiger partial charge is 0.340 e. The van der Waals surface area contributed by atoms with Crippen molar-refractivity contribution in [2.24, 2.45) is 0 Å². The zero-order chi connectivity index (χ0) is 14.8. The summed E-state index contributed by atoms with van der Waals surface area (Å²) in [6.07, 6.45) is 2.60. The zero-order valence-corrected chi connectivity index (χ0v) is 12.0. The van der Waals surface area contributed by atoms with E-state index in [0.29, 0.717) is 0 Å². The molecule has 0 saturated carbocycles. The molecule has 108 valence electrons. The summed E-state index contributed by atoms with van der Waals surface area (Å²) in [4.78, 5) is 15.0. The van der Waals surface area contributed by atoms with E-state index in [0.717, 1.165) is 11.2 Å². The van der Waals surface area contributed by atoms with Crippen LogP contribution in [0.4, 0.5) is 0 Å². The van der Waals surface area contributed by atoms with Crippen molar-refractivity contribution in [3.8, 4) is 0 Å². The summed E-state index contributed by atoms with van der Waals surface area (Å²) in [5.74, 6) is -1.46. The number of aromatic amines is 1. The first kappa shape index (κ1) is 14.6. The van der Waals surface area contributed by atoms with Crippen LogP contribution < -0.4 is 4.72 Å². The first-order chi connectivity index (χ1) is 9.42. The lowest BCUT2D eigenvalue weighted by Crippen LogP contribution is -2.29. The third-order valence-corrected chi connectivity index (χ3v) is 4.96. The number of carbonyl (C=O) groups is 1. The van der Waals surface area contributed by atoms with Crippen molar-refractivity contribution >= 4 is 27.3 Å².